The molecular weight excluding hydrogens is 291 g/mol. The van der Waals surface area contributed by atoms with Crippen molar-refractivity contribution >= 4 is 23.2 Å². The van der Waals surface area contributed by atoms with Crippen LogP contribution in [0.3, 0.4) is 0 Å². The first-order chi connectivity index (χ1) is 10.1. The van der Waals surface area contributed by atoms with Crippen LogP contribution < -0.4 is 10.6 Å². The molecule has 0 aromatic heterocycles. The molecule has 0 radical (unpaired) electrons. The normalized spacial score (nSPS) is 10.2. The minimum atomic E-state index is -0.358. The molecule has 21 heavy (non-hydrogen) atoms. The SMILES string of the molecule is CNC(=O)Cc1ccccc1NCc1ccc(F)cc1Cl. The van der Waals surface area contributed by atoms with Gasteiger partial charge in [0.2, 0.25) is 5.91 Å². The number of hydrogen-bond acceptors (Lipinski definition) is 2. The summed E-state index contributed by atoms with van der Waals surface area (Å²) in [7, 11) is 1.61. The van der Waals surface area contributed by atoms with E-state index >= 15 is 0 Å². The van der Waals surface area contributed by atoms with Gasteiger partial charge in [-0.05, 0) is 29.3 Å². The highest BCUT2D eigenvalue weighted by Crippen LogP contribution is 2.21. The molecule has 5 heteroatoms. The number of halogens is 2. The van der Waals surface area contributed by atoms with E-state index in [-0.39, 0.29) is 11.7 Å². The first-order valence-corrected chi connectivity index (χ1v) is 6.94. The second-order valence-electron chi connectivity index (χ2n) is 4.60. The molecule has 1 amide bonds. The summed E-state index contributed by atoms with van der Waals surface area (Å²) in [5.41, 5.74) is 2.56. The van der Waals surface area contributed by atoms with Gasteiger partial charge in [-0.25, -0.2) is 4.39 Å². The van der Waals surface area contributed by atoms with E-state index in [1.54, 1.807) is 13.1 Å². The van der Waals surface area contributed by atoms with Gasteiger partial charge < -0.3 is 10.6 Å². The molecule has 2 N–H and O–H groups in total. The predicted octanol–water partition coefficient (Wildman–Crippen LogP) is 3.38. The summed E-state index contributed by atoms with van der Waals surface area (Å²) < 4.78 is 13.0. The standard InChI is InChI=1S/C16H16ClFN2O/c1-19-16(21)8-11-4-2-3-5-15(11)20-10-12-6-7-13(18)9-14(12)17/h2-7,9,20H,8,10H2,1H3,(H,19,21). The van der Waals surface area contributed by atoms with Crippen molar-refractivity contribution in [1.29, 1.82) is 0 Å². The fourth-order valence-electron chi connectivity index (χ4n) is 1.96. The number of nitrogens with one attached hydrogen (secondary N) is 2. The van der Waals surface area contributed by atoms with Gasteiger partial charge in [-0.2, -0.15) is 0 Å². The average molecular weight is 307 g/mol. The monoisotopic (exact) mass is 306 g/mol. The molecule has 2 aromatic carbocycles. The van der Waals surface area contributed by atoms with Crippen LogP contribution in [0.4, 0.5) is 10.1 Å². The van der Waals surface area contributed by atoms with E-state index in [1.165, 1.54) is 12.1 Å². The van der Waals surface area contributed by atoms with E-state index in [0.717, 1.165) is 16.8 Å². The van der Waals surface area contributed by atoms with Crippen molar-refractivity contribution in [3.63, 3.8) is 0 Å². The Morgan fingerprint density at radius 2 is 1.95 bits per heavy atom. The van der Waals surface area contributed by atoms with Crippen LogP contribution in [0.15, 0.2) is 42.5 Å². The molecule has 0 bridgehead atoms. The fourth-order valence-corrected chi connectivity index (χ4v) is 2.20. The number of anilines is 1. The number of carbonyl (C=O) groups is 1. The molecular formula is C16H16ClFN2O. The molecule has 0 aliphatic carbocycles. The van der Waals surface area contributed by atoms with Crippen LogP contribution in [0, 0.1) is 5.82 Å². The first kappa shape index (κ1) is 15.3. The van der Waals surface area contributed by atoms with Crippen molar-refractivity contribution in [1.82, 2.24) is 5.32 Å². The second-order valence-corrected chi connectivity index (χ2v) is 5.00. The van der Waals surface area contributed by atoms with Crippen LogP contribution in [0.25, 0.3) is 0 Å². The van der Waals surface area contributed by atoms with Crippen LogP contribution >= 0.6 is 11.6 Å². The summed E-state index contributed by atoms with van der Waals surface area (Å²) in [6.45, 7) is 0.462. The lowest BCUT2D eigenvalue weighted by molar-refractivity contribution is -0.119. The highest BCUT2D eigenvalue weighted by Gasteiger charge is 2.07. The van der Waals surface area contributed by atoms with Crippen molar-refractivity contribution in [2.75, 3.05) is 12.4 Å². The summed E-state index contributed by atoms with van der Waals surface area (Å²) in [4.78, 5) is 11.5. The Hall–Kier alpha value is -2.07. The number of amides is 1. The smallest absolute Gasteiger partial charge is 0.224 e. The molecule has 0 unspecified atom stereocenters. The number of para-hydroxylation sites is 1. The van der Waals surface area contributed by atoms with Crippen molar-refractivity contribution in [3.05, 3.63) is 64.4 Å². The summed E-state index contributed by atoms with van der Waals surface area (Å²) in [5.74, 6) is -0.409. The van der Waals surface area contributed by atoms with Gasteiger partial charge in [0, 0.05) is 24.3 Å². The Labute approximate surface area is 128 Å². The van der Waals surface area contributed by atoms with Gasteiger partial charge in [-0.15, -0.1) is 0 Å². The summed E-state index contributed by atoms with van der Waals surface area (Å²) in [6, 6.07) is 11.9. The molecule has 0 saturated heterocycles. The summed E-state index contributed by atoms with van der Waals surface area (Å²) in [6.07, 6.45) is 0.302. The van der Waals surface area contributed by atoms with Gasteiger partial charge in [0.25, 0.3) is 0 Å². The van der Waals surface area contributed by atoms with Crippen molar-refractivity contribution < 1.29 is 9.18 Å². The third kappa shape index (κ3) is 4.20. The maximum absolute atomic E-state index is 13.0. The largest absolute Gasteiger partial charge is 0.381 e. The van der Waals surface area contributed by atoms with Gasteiger partial charge in [0.05, 0.1) is 6.42 Å². The van der Waals surface area contributed by atoms with Crippen molar-refractivity contribution in [2.45, 2.75) is 13.0 Å². The minimum absolute atomic E-state index is 0.0518. The van der Waals surface area contributed by atoms with Gasteiger partial charge in [0.1, 0.15) is 5.82 Å². The maximum atomic E-state index is 13.0. The van der Waals surface area contributed by atoms with E-state index in [0.29, 0.717) is 18.0 Å². The van der Waals surface area contributed by atoms with Gasteiger partial charge >= 0.3 is 0 Å². The van der Waals surface area contributed by atoms with E-state index in [9.17, 15) is 9.18 Å². The summed E-state index contributed by atoms with van der Waals surface area (Å²) in [5, 5.41) is 6.21. The zero-order valence-electron chi connectivity index (χ0n) is 11.6. The molecule has 0 saturated carbocycles. The Balaban J connectivity index is 2.11. The predicted molar refractivity (Wildman–Crippen MR) is 82.9 cm³/mol. The molecule has 0 heterocycles. The van der Waals surface area contributed by atoms with E-state index in [4.69, 9.17) is 11.6 Å². The molecule has 2 aromatic rings. The van der Waals surface area contributed by atoms with E-state index in [1.807, 2.05) is 24.3 Å². The molecule has 0 fully saturated rings. The van der Waals surface area contributed by atoms with Crippen LogP contribution in [0.5, 0.6) is 0 Å². The lowest BCUT2D eigenvalue weighted by atomic mass is 10.1. The Morgan fingerprint density at radius 3 is 2.67 bits per heavy atom. The zero-order chi connectivity index (χ0) is 15.2. The average Bonchev–Trinajstić information content (AvgIpc) is 2.47. The number of likely N-dealkylation sites (N-methyl/N-ethyl adjacent to an activating group) is 1. The molecule has 0 aliphatic rings. The van der Waals surface area contributed by atoms with Crippen LogP contribution in [-0.2, 0) is 17.8 Å². The topological polar surface area (TPSA) is 41.1 Å². The van der Waals surface area contributed by atoms with Crippen LogP contribution in [0.1, 0.15) is 11.1 Å². The molecule has 0 spiro atoms. The van der Waals surface area contributed by atoms with Crippen LogP contribution in [-0.4, -0.2) is 13.0 Å². The number of hydrogen-bond donors (Lipinski definition) is 2. The number of benzene rings is 2. The first-order valence-electron chi connectivity index (χ1n) is 6.56. The van der Waals surface area contributed by atoms with Crippen LogP contribution in [0.2, 0.25) is 5.02 Å². The molecule has 110 valence electrons. The van der Waals surface area contributed by atoms with Gasteiger partial charge in [-0.1, -0.05) is 35.9 Å². The summed E-state index contributed by atoms with van der Waals surface area (Å²) >= 11 is 6.00. The third-order valence-electron chi connectivity index (χ3n) is 3.13. The number of carbonyl (C=O) groups excluding carboxylic acids is 1. The molecule has 3 nitrogen and oxygen atoms in total. The third-order valence-corrected chi connectivity index (χ3v) is 3.48. The molecule has 2 rings (SSSR count). The minimum Gasteiger partial charge on any atom is -0.381 e. The quantitative estimate of drug-likeness (QED) is 0.889. The Morgan fingerprint density at radius 1 is 1.19 bits per heavy atom. The molecule has 0 aliphatic heterocycles. The fraction of sp³-hybridized carbons (Fsp3) is 0.188. The van der Waals surface area contributed by atoms with Gasteiger partial charge in [-0.3, -0.25) is 4.79 Å². The lowest BCUT2D eigenvalue weighted by Crippen LogP contribution is -2.20. The van der Waals surface area contributed by atoms with Crippen molar-refractivity contribution in [2.24, 2.45) is 0 Å². The van der Waals surface area contributed by atoms with Gasteiger partial charge in [0.15, 0.2) is 0 Å². The zero-order valence-corrected chi connectivity index (χ0v) is 12.4. The second kappa shape index (κ2) is 7.09. The Bertz CT molecular complexity index is 646. The lowest BCUT2D eigenvalue weighted by Gasteiger charge is -2.12. The highest BCUT2D eigenvalue weighted by atomic mass is 35.5. The Kier molecular flexibility index (Phi) is 5.17. The van der Waals surface area contributed by atoms with E-state index < -0.39 is 0 Å². The highest BCUT2D eigenvalue weighted by molar-refractivity contribution is 6.31. The molecule has 0 atom stereocenters. The van der Waals surface area contributed by atoms with E-state index in [2.05, 4.69) is 10.6 Å². The number of rotatable bonds is 5. The maximum Gasteiger partial charge on any atom is 0.224 e. The van der Waals surface area contributed by atoms with Crippen molar-refractivity contribution in [3.8, 4) is 0 Å².